The number of benzene rings is 1. The van der Waals surface area contributed by atoms with Crippen LogP contribution in [0.4, 0.5) is 0 Å². The Morgan fingerprint density at radius 1 is 1.25 bits per heavy atom. The number of carboxylic acid groups (broad SMARTS) is 1. The van der Waals surface area contributed by atoms with Gasteiger partial charge in [0, 0.05) is 12.1 Å². The fourth-order valence-corrected chi connectivity index (χ4v) is 2.02. The number of carbonyl (C=O) groups is 1. The number of aliphatic hydroxyl groups is 1. The first-order chi connectivity index (χ1) is 9.60. The molecule has 5 heteroatoms. The molecule has 5 nitrogen and oxygen atoms in total. The molecular formula is C15H17NO4. The van der Waals surface area contributed by atoms with Crippen LogP contribution in [-0.2, 0) is 19.7 Å². The molecule has 1 aromatic carbocycles. The van der Waals surface area contributed by atoms with Gasteiger partial charge in [-0.05, 0) is 24.1 Å². The second-order valence-electron chi connectivity index (χ2n) is 4.61. The summed E-state index contributed by atoms with van der Waals surface area (Å²) in [6.07, 6.45) is 0. The molecule has 0 unspecified atom stereocenters. The first kappa shape index (κ1) is 14.3. The number of rotatable bonds is 6. The van der Waals surface area contributed by atoms with Gasteiger partial charge in [-0.1, -0.05) is 24.3 Å². The van der Waals surface area contributed by atoms with Crippen molar-refractivity contribution in [1.29, 1.82) is 0 Å². The van der Waals surface area contributed by atoms with E-state index in [1.54, 1.807) is 13.0 Å². The van der Waals surface area contributed by atoms with Gasteiger partial charge in [0.25, 0.3) is 0 Å². The van der Waals surface area contributed by atoms with E-state index in [0.29, 0.717) is 24.4 Å². The Morgan fingerprint density at radius 2 is 2.00 bits per heavy atom. The van der Waals surface area contributed by atoms with Crippen LogP contribution >= 0.6 is 0 Å². The molecule has 3 N–H and O–H groups in total. The molecule has 1 heterocycles. The zero-order valence-corrected chi connectivity index (χ0v) is 11.2. The minimum absolute atomic E-state index is 0.0101. The van der Waals surface area contributed by atoms with Crippen molar-refractivity contribution in [3.63, 3.8) is 0 Å². The lowest BCUT2D eigenvalue weighted by Gasteiger charge is -2.04. The van der Waals surface area contributed by atoms with Crippen molar-refractivity contribution >= 4 is 5.97 Å². The first-order valence-corrected chi connectivity index (χ1v) is 6.32. The molecule has 0 spiro atoms. The number of hydrogen-bond acceptors (Lipinski definition) is 4. The largest absolute Gasteiger partial charge is 0.475 e. The highest BCUT2D eigenvalue weighted by Crippen LogP contribution is 2.14. The maximum atomic E-state index is 10.9. The van der Waals surface area contributed by atoms with Crippen LogP contribution in [0.25, 0.3) is 0 Å². The fourth-order valence-electron chi connectivity index (χ4n) is 2.02. The number of aryl methyl sites for hydroxylation is 1. The smallest absolute Gasteiger partial charge is 0.372 e. The van der Waals surface area contributed by atoms with Gasteiger partial charge in [-0.3, -0.25) is 0 Å². The molecule has 0 radical (unpaired) electrons. The molecule has 0 amide bonds. The standard InChI is InChI=1S/C15H17NO4/c1-10-5-13(20-14(10)15(18)19)8-16-7-11-3-2-4-12(6-11)9-17/h2-6,16-17H,7-9H2,1H3,(H,18,19). The highest BCUT2D eigenvalue weighted by molar-refractivity contribution is 5.86. The van der Waals surface area contributed by atoms with Crippen molar-refractivity contribution in [2.45, 2.75) is 26.6 Å². The molecule has 0 bridgehead atoms. The minimum atomic E-state index is -1.05. The van der Waals surface area contributed by atoms with Gasteiger partial charge < -0.3 is 19.9 Å². The van der Waals surface area contributed by atoms with Gasteiger partial charge in [-0.2, -0.15) is 0 Å². The van der Waals surface area contributed by atoms with Crippen LogP contribution in [-0.4, -0.2) is 16.2 Å². The second kappa shape index (κ2) is 6.36. The third-order valence-electron chi connectivity index (χ3n) is 2.97. The molecule has 0 aliphatic rings. The maximum absolute atomic E-state index is 10.9. The molecule has 106 valence electrons. The fraction of sp³-hybridized carbons (Fsp3) is 0.267. The zero-order chi connectivity index (χ0) is 14.5. The third kappa shape index (κ3) is 3.46. The van der Waals surface area contributed by atoms with Crippen molar-refractivity contribution in [2.24, 2.45) is 0 Å². The Labute approximate surface area is 116 Å². The number of aromatic carboxylic acids is 1. The predicted molar refractivity (Wildman–Crippen MR) is 73.3 cm³/mol. The van der Waals surface area contributed by atoms with Gasteiger partial charge >= 0.3 is 5.97 Å². The second-order valence-corrected chi connectivity index (χ2v) is 4.61. The summed E-state index contributed by atoms with van der Waals surface area (Å²) in [4.78, 5) is 10.9. The van der Waals surface area contributed by atoms with Crippen LogP contribution < -0.4 is 5.32 Å². The molecule has 20 heavy (non-hydrogen) atoms. The van der Waals surface area contributed by atoms with E-state index in [0.717, 1.165) is 11.1 Å². The molecule has 0 saturated carbocycles. The topological polar surface area (TPSA) is 82.7 Å². The summed E-state index contributed by atoms with van der Waals surface area (Å²) in [7, 11) is 0. The number of aliphatic hydroxyl groups excluding tert-OH is 1. The van der Waals surface area contributed by atoms with E-state index in [9.17, 15) is 4.79 Å². The van der Waals surface area contributed by atoms with Gasteiger partial charge in [-0.25, -0.2) is 4.79 Å². The van der Waals surface area contributed by atoms with Gasteiger partial charge in [0.15, 0.2) is 0 Å². The van der Waals surface area contributed by atoms with Gasteiger partial charge in [0.05, 0.1) is 13.2 Å². The molecule has 0 aliphatic carbocycles. The van der Waals surface area contributed by atoms with Crippen molar-refractivity contribution < 1.29 is 19.4 Å². The van der Waals surface area contributed by atoms with Crippen LogP contribution in [0.3, 0.4) is 0 Å². The van der Waals surface area contributed by atoms with E-state index < -0.39 is 5.97 Å². The third-order valence-corrected chi connectivity index (χ3v) is 2.97. The summed E-state index contributed by atoms with van der Waals surface area (Å²) in [5.41, 5.74) is 2.54. The molecule has 2 rings (SSSR count). The highest BCUT2D eigenvalue weighted by atomic mass is 16.4. The normalized spacial score (nSPS) is 10.7. The molecule has 1 aromatic heterocycles. The summed E-state index contributed by atoms with van der Waals surface area (Å²) in [5, 5.41) is 21.1. The highest BCUT2D eigenvalue weighted by Gasteiger charge is 2.13. The van der Waals surface area contributed by atoms with Crippen molar-refractivity contribution in [1.82, 2.24) is 5.32 Å². The summed E-state index contributed by atoms with van der Waals surface area (Å²) >= 11 is 0. The van der Waals surface area contributed by atoms with E-state index in [-0.39, 0.29) is 12.4 Å². The molecule has 2 aromatic rings. The molecule has 0 fully saturated rings. The van der Waals surface area contributed by atoms with E-state index in [4.69, 9.17) is 14.6 Å². The number of hydrogen-bond donors (Lipinski definition) is 3. The number of furan rings is 1. The summed E-state index contributed by atoms with van der Waals surface area (Å²) in [6.45, 7) is 2.81. The average Bonchev–Trinajstić information content (AvgIpc) is 2.80. The number of nitrogens with one attached hydrogen (secondary N) is 1. The Morgan fingerprint density at radius 3 is 2.65 bits per heavy atom. The SMILES string of the molecule is Cc1cc(CNCc2cccc(CO)c2)oc1C(=O)O. The van der Waals surface area contributed by atoms with Crippen LogP contribution in [0.1, 0.15) is 33.0 Å². The maximum Gasteiger partial charge on any atom is 0.372 e. The lowest BCUT2D eigenvalue weighted by atomic mass is 10.1. The van der Waals surface area contributed by atoms with E-state index in [2.05, 4.69) is 5.32 Å². The quantitative estimate of drug-likeness (QED) is 0.751. The zero-order valence-electron chi connectivity index (χ0n) is 11.2. The van der Waals surface area contributed by atoms with Crippen molar-refractivity contribution in [3.05, 3.63) is 58.5 Å². The van der Waals surface area contributed by atoms with Gasteiger partial charge in [-0.15, -0.1) is 0 Å². The van der Waals surface area contributed by atoms with Crippen LogP contribution in [0, 0.1) is 6.92 Å². The van der Waals surface area contributed by atoms with Gasteiger partial charge in [0.1, 0.15) is 5.76 Å². The van der Waals surface area contributed by atoms with Crippen molar-refractivity contribution in [3.8, 4) is 0 Å². The minimum Gasteiger partial charge on any atom is -0.475 e. The summed E-state index contributed by atoms with van der Waals surface area (Å²) < 4.78 is 5.26. The summed E-state index contributed by atoms with van der Waals surface area (Å²) in [5.74, 6) is -0.466. The lowest BCUT2D eigenvalue weighted by Crippen LogP contribution is -2.12. The molecule has 0 aliphatic heterocycles. The molecule has 0 saturated heterocycles. The van der Waals surface area contributed by atoms with E-state index in [1.165, 1.54) is 0 Å². The Hall–Kier alpha value is -2.11. The lowest BCUT2D eigenvalue weighted by molar-refractivity contribution is 0.0659. The Bertz CT molecular complexity index is 604. The number of carboxylic acids is 1. The van der Waals surface area contributed by atoms with E-state index >= 15 is 0 Å². The summed E-state index contributed by atoms with van der Waals surface area (Å²) in [6, 6.07) is 9.35. The predicted octanol–water partition coefficient (Wildman–Crippen LogP) is 2.07. The van der Waals surface area contributed by atoms with E-state index in [1.807, 2.05) is 24.3 Å². The average molecular weight is 275 g/mol. The first-order valence-electron chi connectivity index (χ1n) is 6.32. The Balaban J connectivity index is 1.92. The Kier molecular flexibility index (Phi) is 4.55. The van der Waals surface area contributed by atoms with Crippen LogP contribution in [0.15, 0.2) is 34.7 Å². The van der Waals surface area contributed by atoms with Crippen LogP contribution in [0.2, 0.25) is 0 Å². The van der Waals surface area contributed by atoms with Crippen LogP contribution in [0.5, 0.6) is 0 Å². The van der Waals surface area contributed by atoms with Gasteiger partial charge in [0.2, 0.25) is 5.76 Å². The molecular weight excluding hydrogens is 258 g/mol. The monoisotopic (exact) mass is 275 g/mol. The van der Waals surface area contributed by atoms with Crippen molar-refractivity contribution in [2.75, 3.05) is 0 Å². The molecule has 0 atom stereocenters.